The van der Waals surface area contributed by atoms with Gasteiger partial charge in [0, 0.05) is 18.4 Å². The lowest BCUT2D eigenvalue weighted by atomic mass is 9.99. The van der Waals surface area contributed by atoms with Gasteiger partial charge in [-0.3, -0.25) is 4.98 Å². The minimum absolute atomic E-state index is 0.297. The molecule has 0 aliphatic carbocycles. The van der Waals surface area contributed by atoms with Crippen LogP contribution in [-0.4, -0.2) is 18.6 Å². The number of methoxy groups -OCH3 is 1. The van der Waals surface area contributed by atoms with Gasteiger partial charge in [0.25, 0.3) is 0 Å². The van der Waals surface area contributed by atoms with Crippen LogP contribution in [0.15, 0.2) is 42.7 Å². The number of pyridine rings is 1. The van der Waals surface area contributed by atoms with Crippen LogP contribution >= 0.6 is 0 Å². The maximum Gasteiger partial charge on any atom is 0.118 e. The molecule has 0 aliphatic rings. The Balaban J connectivity index is 2.15. The van der Waals surface area contributed by atoms with Gasteiger partial charge in [-0.2, -0.15) is 0 Å². The fourth-order valence-corrected chi connectivity index (χ4v) is 2.39. The van der Waals surface area contributed by atoms with Crippen molar-refractivity contribution in [1.29, 1.82) is 0 Å². The van der Waals surface area contributed by atoms with Crippen LogP contribution < -0.4 is 10.1 Å². The van der Waals surface area contributed by atoms with Gasteiger partial charge in [-0.05, 0) is 55.1 Å². The molecule has 1 heterocycles. The van der Waals surface area contributed by atoms with Gasteiger partial charge in [0.2, 0.25) is 0 Å². The van der Waals surface area contributed by atoms with Crippen molar-refractivity contribution in [3.8, 4) is 5.75 Å². The van der Waals surface area contributed by atoms with E-state index < -0.39 is 0 Å². The van der Waals surface area contributed by atoms with E-state index in [4.69, 9.17) is 4.74 Å². The van der Waals surface area contributed by atoms with Crippen LogP contribution in [-0.2, 0) is 6.42 Å². The van der Waals surface area contributed by atoms with Crippen LogP contribution in [0.5, 0.6) is 5.75 Å². The van der Waals surface area contributed by atoms with Crippen LogP contribution in [0.4, 0.5) is 0 Å². The summed E-state index contributed by atoms with van der Waals surface area (Å²) in [5, 5.41) is 3.62. The van der Waals surface area contributed by atoms with Crippen LogP contribution in [0, 0.1) is 6.92 Å². The molecule has 3 heteroatoms. The van der Waals surface area contributed by atoms with Gasteiger partial charge >= 0.3 is 0 Å². The van der Waals surface area contributed by atoms with Crippen LogP contribution in [0.25, 0.3) is 0 Å². The third kappa shape index (κ3) is 4.57. The Morgan fingerprint density at radius 1 is 1.19 bits per heavy atom. The highest BCUT2D eigenvalue weighted by atomic mass is 16.5. The molecular weight excluding hydrogens is 260 g/mol. The number of rotatable bonds is 7. The van der Waals surface area contributed by atoms with Gasteiger partial charge in [-0.1, -0.05) is 25.1 Å². The molecule has 3 nitrogen and oxygen atoms in total. The summed E-state index contributed by atoms with van der Waals surface area (Å²) >= 11 is 0. The first-order valence-electron chi connectivity index (χ1n) is 7.50. The molecule has 2 aromatic rings. The maximum absolute atomic E-state index is 5.21. The van der Waals surface area contributed by atoms with Gasteiger partial charge in [0.15, 0.2) is 0 Å². The fraction of sp³-hybridized carbons (Fsp3) is 0.389. The largest absolute Gasteiger partial charge is 0.497 e. The zero-order chi connectivity index (χ0) is 15.1. The summed E-state index contributed by atoms with van der Waals surface area (Å²) in [5.41, 5.74) is 3.75. The highest BCUT2D eigenvalue weighted by Gasteiger charge is 2.12. The van der Waals surface area contributed by atoms with Gasteiger partial charge < -0.3 is 10.1 Å². The molecular formula is C18H24N2O. The first-order valence-corrected chi connectivity index (χ1v) is 7.50. The molecule has 112 valence electrons. The van der Waals surface area contributed by atoms with Gasteiger partial charge in [0.05, 0.1) is 7.11 Å². The van der Waals surface area contributed by atoms with Crippen molar-refractivity contribution in [3.05, 3.63) is 59.4 Å². The molecule has 1 atom stereocenters. The lowest BCUT2D eigenvalue weighted by Gasteiger charge is -2.19. The molecule has 0 spiro atoms. The second kappa shape index (κ2) is 7.79. The maximum atomic E-state index is 5.21. The van der Waals surface area contributed by atoms with E-state index in [0.29, 0.717) is 6.04 Å². The number of nitrogens with zero attached hydrogens (tertiary/aromatic N) is 1. The molecule has 1 aromatic carbocycles. The Bertz CT molecular complexity index is 551. The summed E-state index contributed by atoms with van der Waals surface area (Å²) < 4.78 is 5.21. The minimum Gasteiger partial charge on any atom is -0.497 e. The number of nitrogens with one attached hydrogen (secondary N) is 1. The van der Waals surface area contributed by atoms with Crippen molar-refractivity contribution in [2.75, 3.05) is 13.7 Å². The number of aryl methyl sites for hydroxylation is 1. The second-order valence-electron chi connectivity index (χ2n) is 5.35. The number of hydrogen-bond donors (Lipinski definition) is 1. The highest BCUT2D eigenvalue weighted by molar-refractivity contribution is 5.29. The molecule has 0 bridgehead atoms. The van der Waals surface area contributed by atoms with E-state index in [-0.39, 0.29) is 0 Å². The normalized spacial score (nSPS) is 12.1. The molecule has 0 saturated carbocycles. The quantitative estimate of drug-likeness (QED) is 0.842. The standard InChI is InChI=1S/C18H24N2O/c1-4-9-20-18(16-10-14(2)12-19-13-16)11-15-5-7-17(21-3)8-6-15/h5-8,10,12-13,18,20H,4,9,11H2,1-3H3. The first-order chi connectivity index (χ1) is 10.2. The molecule has 0 amide bonds. The SMILES string of the molecule is CCCNC(Cc1ccc(OC)cc1)c1cncc(C)c1. The van der Waals surface area contributed by atoms with E-state index in [1.807, 2.05) is 24.5 Å². The molecule has 0 radical (unpaired) electrons. The summed E-state index contributed by atoms with van der Waals surface area (Å²) in [7, 11) is 1.69. The van der Waals surface area contributed by atoms with E-state index in [0.717, 1.165) is 25.1 Å². The predicted octanol–water partition coefficient (Wildman–Crippen LogP) is 3.68. The molecule has 1 N–H and O–H groups in total. The number of aromatic nitrogens is 1. The molecule has 2 rings (SSSR count). The summed E-state index contributed by atoms with van der Waals surface area (Å²) in [4.78, 5) is 4.32. The number of ether oxygens (including phenoxy) is 1. The summed E-state index contributed by atoms with van der Waals surface area (Å²) in [6, 6.07) is 10.8. The average Bonchev–Trinajstić information content (AvgIpc) is 2.52. The Morgan fingerprint density at radius 2 is 1.95 bits per heavy atom. The topological polar surface area (TPSA) is 34.1 Å². The van der Waals surface area contributed by atoms with E-state index >= 15 is 0 Å². The van der Waals surface area contributed by atoms with E-state index in [2.05, 4.69) is 42.3 Å². The van der Waals surface area contributed by atoms with Gasteiger partial charge in [-0.15, -0.1) is 0 Å². The van der Waals surface area contributed by atoms with Crippen molar-refractivity contribution in [1.82, 2.24) is 10.3 Å². The third-order valence-electron chi connectivity index (χ3n) is 3.54. The van der Waals surface area contributed by atoms with Crippen molar-refractivity contribution < 1.29 is 4.74 Å². The summed E-state index contributed by atoms with van der Waals surface area (Å²) in [6.07, 6.45) is 5.94. The predicted molar refractivity (Wildman–Crippen MR) is 86.7 cm³/mol. The first kappa shape index (κ1) is 15.5. The lowest BCUT2D eigenvalue weighted by Crippen LogP contribution is -2.24. The zero-order valence-electron chi connectivity index (χ0n) is 13.1. The van der Waals surface area contributed by atoms with Crippen LogP contribution in [0.2, 0.25) is 0 Å². The zero-order valence-corrected chi connectivity index (χ0v) is 13.1. The molecule has 21 heavy (non-hydrogen) atoms. The van der Waals surface area contributed by atoms with Crippen molar-refractivity contribution >= 4 is 0 Å². The molecule has 0 fully saturated rings. The average molecular weight is 284 g/mol. The van der Waals surface area contributed by atoms with Crippen LogP contribution in [0.3, 0.4) is 0 Å². The fourth-order valence-electron chi connectivity index (χ4n) is 2.39. The van der Waals surface area contributed by atoms with Gasteiger partial charge in [-0.25, -0.2) is 0 Å². The molecule has 0 saturated heterocycles. The summed E-state index contributed by atoms with van der Waals surface area (Å²) in [5.74, 6) is 0.897. The van der Waals surface area contributed by atoms with E-state index in [1.54, 1.807) is 7.11 Å². The Morgan fingerprint density at radius 3 is 2.57 bits per heavy atom. The van der Waals surface area contributed by atoms with Crippen molar-refractivity contribution in [2.24, 2.45) is 0 Å². The number of benzene rings is 1. The highest BCUT2D eigenvalue weighted by Crippen LogP contribution is 2.20. The Kier molecular flexibility index (Phi) is 5.76. The third-order valence-corrected chi connectivity index (χ3v) is 3.54. The lowest BCUT2D eigenvalue weighted by molar-refractivity contribution is 0.414. The Labute approximate surface area is 127 Å². The van der Waals surface area contributed by atoms with E-state index in [1.165, 1.54) is 16.7 Å². The monoisotopic (exact) mass is 284 g/mol. The van der Waals surface area contributed by atoms with Gasteiger partial charge in [0.1, 0.15) is 5.75 Å². The van der Waals surface area contributed by atoms with Crippen LogP contribution in [0.1, 0.15) is 36.1 Å². The molecule has 1 unspecified atom stereocenters. The second-order valence-corrected chi connectivity index (χ2v) is 5.35. The Hall–Kier alpha value is -1.87. The summed E-state index contributed by atoms with van der Waals surface area (Å²) in [6.45, 7) is 5.28. The minimum atomic E-state index is 0.297. The number of hydrogen-bond acceptors (Lipinski definition) is 3. The van der Waals surface area contributed by atoms with Crippen molar-refractivity contribution in [3.63, 3.8) is 0 Å². The van der Waals surface area contributed by atoms with E-state index in [9.17, 15) is 0 Å². The molecule has 1 aromatic heterocycles. The smallest absolute Gasteiger partial charge is 0.118 e. The van der Waals surface area contributed by atoms with Crippen molar-refractivity contribution in [2.45, 2.75) is 32.7 Å². The molecule has 0 aliphatic heterocycles.